The molecular formula is C12H23N3O4S. The monoisotopic (exact) mass is 305 g/mol. The number of sulfonamides is 1. The molecule has 0 bridgehead atoms. The number of morpholine rings is 1. The van der Waals surface area contributed by atoms with Crippen LogP contribution in [0.5, 0.6) is 0 Å². The summed E-state index contributed by atoms with van der Waals surface area (Å²) in [5.41, 5.74) is 0. The largest absolute Gasteiger partial charge is 0.375 e. The van der Waals surface area contributed by atoms with Crippen molar-refractivity contribution in [3.05, 3.63) is 0 Å². The number of carbonyl (C=O) groups excluding carboxylic acids is 1. The van der Waals surface area contributed by atoms with Gasteiger partial charge in [-0.05, 0) is 26.8 Å². The first-order valence-corrected chi connectivity index (χ1v) is 8.66. The molecule has 8 heteroatoms. The Hall–Kier alpha value is -0.700. The zero-order valence-corrected chi connectivity index (χ0v) is 12.8. The summed E-state index contributed by atoms with van der Waals surface area (Å²) in [6.45, 7) is 3.73. The van der Waals surface area contributed by atoms with Crippen LogP contribution in [0.4, 0.5) is 0 Å². The molecular weight excluding hydrogens is 282 g/mol. The van der Waals surface area contributed by atoms with Crippen molar-refractivity contribution in [3.8, 4) is 0 Å². The Balaban J connectivity index is 2.04. The van der Waals surface area contributed by atoms with Crippen molar-refractivity contribution in [2.75, 3.05) is 32.5 Å². The van der Waals surface area contributed by atoms with E-state index >= 15 is 0 Å². The first-order chi connectivity index (χ1) is 9.44. The fourth-order valence-electron chi connectivity index (χ4n) is 2.82. The Morgan fingerprint density at radius 3 is 2.90 bits per heavy atom. The molecule has 2 fully saturated rings. The highest BCUT2D eigenvalue weighted by Gasteiger charge is 2.38. The molecule has 1 amide bonds. The molecule has 2 rings (SSSR count). The predicted octanol–water partition coefficient (Wildman–Crippen LogP) is -1.10. The van der Waals surface area contributed by atoms with Crippen LogP contribution in [0, 0.1) is 0 Å². The fraction of sp³-hybridized carbons (Fsp3) is 0.917. The van der Waals surface area contributed by atoms with Gasteiger partial charge in [0.25, 0.3) is 0 Å². The Labute approximate surface area is 120 Å². The molecule has 0 aromatic carbocycles. The average molecular weight is 305 g/mol. The third kappa shape index (κ3) is 3.49. The lowest BCUT2D eigenvalue weighted by molar-refractivity contribution is -0.139. The third-order valence-electron chi connectivity index (χ3n) is 3.97. The lowest BCUT2D eigenvalue weighted by Gasteiger charge is -2.34. The zero-order chi connectivity index (χ0) is 14.8. The molecule has 2 heterocycles. The molecule has 116 valence electrons. The number of nitrogens with one attached hydrogen (secondary N) is 2. The molecule has 2 aliphatic heterocycles. The van der Waals surface area contributed by atoms with E-state index in [1.54, 1.807) is 4.90 Å². The molecule has 0 saturated carbocycles. The number of rotatable bonds is 4. The van der Waals surface area contributed by atoms with E-state index in [0.29, 0.717) is 19.7 Å². The Morgan fingerprint density at radius 2 is 2.25 bits per heavy atom. The second-order valence-electron chi connectivity index (χ2n) is 5.32. The van der Waals surface area contributed by atoms with E-state index in [4.69, 9.17) is 4.74 Å². The van der Waals surface area contributed by atoms with E-state index in [9.17, 15) is 13.2 Å². The lowest BCUT2D eigenvalue weighted by atomic mass is 10.1. The minimum Gasteiger partial charge on any atom is -0.375 e. The Kier molecular flexibility index (Phi) is 5.00. The van der Waals surface area contributed by atoms with E-state index in [-0.39, 0.29) is 29.8 Å². The highest BCUT2D eigenvalue weighted by atomic mass is 32.2. The Bertz CT molecular complexity index is 454. The smallest absolute Gasteiger partial charge is 0.242 e. The molecule has 0 spiro atoms. The normalized spacial score (nSPS) is 31.5. The van der Waals surface area contributed by atoms with E-state index in [1.807, 2.05) is 6.92 Å². The lowest BCUT2D eigenvalue weighted by Crippen LogP contribution is -2.58. The summed E-state index contributed by atoms with van der Waals surface area (Å²) in [5, 5.41) is 3.16. The first-order valence-electron chi connectivity index (χ1n) is 7.01. The van der Waals surface area contributed by atoms with Crippen LogP contribution in [0.3, 0.4) is 0 Å². The molecule has 0 radical (unpaired) electrons. The molecule has 0 aliphatic carbocycles. The highest BCUT2D eigenvalue weighted by molar-refractivity contribution is 7.89. The van der Waals surface area contributed by atoms with Gasteiger partial charge >= 0.3 is 0 Å². The molecule has 2 N–H and O–H groups in total. The van der Waals surface area contributed by atoms with Crippen LogP contribution < -0.4 is 10.0 Å². The number of nitrogens with zero attached hydrogens (tertiary/aromatic N) is 1. The van der Waals surface area contributed by atoms with E-state index in [2.05, 4.69) is 10.0 Å². The highest BCUT2D eigenvalue weighted by Crippen LogP contribution is 2.21. The zero-order valence-electron chi connectivity index (χ0n) is 12.0. The van der Waals surface area contributed by atoms with Crippen LogP contribution in [0.25, 0.3) is 0 Å². The maximum absolute atomic E-state index is 12.6. The van der Waals surface area contributed by atoms with Gasteiger partial charge in [0.1, 0.15) is 6.04 Å². The average Bonchev–Trinajstić information content (AvgIpc) is 2.86. The fourth-order valence-corrected chi connectivity index (χ4v) is 3.84. The van der Waals surface area contributed by atoms with Crippen LogP contribution in [0.2, 0.25) is 0 Å². The molecule has 0 aromatic rings. The van der Waals surface area contributed by atoms with Crippen molar-refractivity contribution in [3.63, 3.8) is 0 Å². The molecule has 0 aromatic heterocycles. The standard InChI is InChI=1S/C12H23N3O4S/c1-9-11(14-5-7-19-9)12(16)15-6-3-4-10(15)8-20(17,18)13-2/h9-11,13-14H,3-8H2,1-2H3/t9-,10?,11+/m1/s1. The molecule has 3 atom stereocenters. The number of hydrogen-bond donors (Lipinski definition) is 2. The van der Waals surface area contributed by atoms with Gasteiger partial charge in [0.15, 0.2) is 0 Å². The number of carbonyl (C=O) groups is 1. The maximum Gasteiger partial charge on any atom is 0.242 e. The van der Waals surface area contributed by atoms with Gasteiger partial charge in [-0.1, -0.05) is 0 Å². The topological polar surface area (TPSA) is 87.7 Å². The van der Waals surface area contributed by atoms with Crippen LogP contribution in [0.15, 0.2) is 0 Å². The summed E-state index contributed by atoms with van der Waals surface area (Å²) in [6, 6.07) is -0.613. The van der Waals surface area contributed by atoms with Crippen molar-refractivity contribution in [1.82, 2.24) is 14.9 Å². The van der Waals surface area contributed by atoms with Gasteiger partial charge in [-0.15, -0.1) is 0 Å². The molecule has 1 unspecified atom stereocenters. The van der Waals surface area contributed by atoms with Gasteiger partial charge in [-0.25, -0.2) is 13.1 Å². The van der Waals surface area contributed by atoms with Gasteiger partial charge in [-0.3, -0.25) is 4.79 Å². The number of ether oxygens (including phenoxy) is 1. The minimum atomic E-state index is -3.31. The van der Waals surface area contributed by atoms with Crippen molar-refractivity contribution < 1.29 is 17.9 Å². The van der Waals surface area contributed by atoms with E-state index in [0.717, 1.165) is 12.8 Å². The molecule has 20 heavy (non-hydrogen) atoms. The van der Waals surface area contributed by atoms with Gasteiger partial charge in [0.2, 0.25) is 15.9 Å². The Morgan fingerprint density at radius 1 is 1.50 bits per heavy atom. The predicted molar refractivity (Wildman–Crippen MR) is 74.8 cm³/mol. The van der Waals surface area contributed by atoms with E-state index < -0.39 is 10.0 Å². The number of amides is 1. The van der Waals surface area contributed by atoms with Crippen LogP contribution >= 0.6 is 0 Å². The molecule has 2 saturated heterocycles. The van der Waals surface area contributed by atoms with Gasteiger partial charge in [0.05, 0.1) is 18.5 Å². The van der Waals surface area contributed by atoms with E-state index in [1.165, 1.54) is 7.05 Å². The second-order valence-corrected chi connectivity index (χ2v) is 7.29. The van der Waals surface area contributed by atoms with Gasteiger partial charge < -0.3 is 15.0 Å². The summed E-state index contributed by atoms with van der Waals surface area (Å²) >= 11 is 0. The number of likely N-dealkylation sites (tertiary alicyclic amines) is 1. The second kappa shape index (κ2) is 6.38. The number of hydrogen-bond acceptors (Lipinski definition) is 5. The maximum atomic E-state index is 12.6. The van der Waals surface area contributed by atoms with Crippen molar-refractivity contribution in [2.45, 2.75) is 38.0 Å². The first kappa shape index (κ1) is 15.7. The quantitative estimate of drug-likeness (QED) is 0.689. The summed E-state index contributed by atoms with van der Waals surface area (Å²) in [7, 11) is -1.91. The molecule has 7 nitrogen and oxygen atoms in total. The van der Waals surface area contributed by atoms with Crippen molar-refractivity contribution in [2.24, 2.45) is 0 Å². The van der Waals surface area contributed by atoms with Crippen molar-refractivity contribution in [1.29, 1.82) is 0 Å². The van der Waals surface area contributed by atoms with Crippen LogP contribution in [0.1, 0.15) is 19.8 Å². The third-order valence-corrected chi connectivity index (χ3v) is 5.41. The van der Waals surface area contributed by atoms with Crippen molar-refractivity contribution >= 4 is 15.9 Å². The summed E-state index contributed by atoms with van der Waals surface area (Å²) in [5.74, 6) is -0.0806. The molecule has 2 aliphatic rings. The van der Waals surface area contributed by atoms with Gasteiger partial charge in [0, 0.05) is 19.1 Å². The van der Waals surface area contributed by atoms with Crippen LogP contribution in [-0.4, -0.2) is 69.9 Å². The van der Waals surface area contributed by atoms with Crippen LogP contribution in [-0.2, 0) is 19.6 Å². The minimum absolute atomic E-state index is 0.0306. The SMILES string of the molecule is CNS(=O)(=O)CC1CCCN1C(=O)[C@H]1NCCO[C@@H]1C. The summed E-state index contributed by atoms with van der Waals surface area (Å²) < 4.78 is 31.1. The summed E-state index contributed by atoms with van der Waals surface area (Å²) in [6.07, 6.45) is 1.39. The van der Waals surface area contributed by atoms with Gasteiger partial charge in [-0.2, -0.15) is 0 Å². The summed E-state index contributed by atoms with van der Waals surface area (Å²) in [4.78, 5) is 14.3.